The molecule has 3 rings (SSSR count). The zero-order chi connectivity index (χ0) is 22.5. The molecular weight excluding hydrogens is 408 g/mol. The monoisotopic (exact) mass is 448 g/mol. The van der Waals surface area contributed by atoms with Crippen LogP contribution in [0.3, 0.4) is 0 Å². The second kappa shape index (κ2) is 10.5. The Bertz CT molecular complexity index is 825. The molecule has 2 heterocycles. The van der Waals surface area contributed by atoms with Gasteiger partial charge in [0.05, 0.1) is 31.0 Å². The summed E-state index contributed by atoms with van der Waals surface area (Å²) >= 11 is 0. The van der Waals surface area contributed by atoms with Gasteiger partial charge >= 0.3 is 0 Å². The first-order chi connectivity index (χ1) is 14.7. The Balaban J connectivity index is 1.38. The summed E-state index contributed by atoms with van der Waals surface area (Å²) in [5, 5.41) is 5.85. The third-order valence-electron chi connectivity index (χ3n) is 6.35. The minimum Gasteiger partial charge on any atom is -0.493 e. The van der Waals surface area contributed by atoms with Gasteiger partial charge in [-0.25, -0.2) is 4.68 Å². The maximum atomic E-state index is 6.33. The molecule has 1 fully saturated rings. The van der Waals surface area contributed by atoms with Gasteiger partial charge in [-0.05, 0) is 62.5 Å². The number of fused-ring (bicyclic) bond motifs is 1. The number of nitrogens with zero attached hydrogens (tertiary/aromatic N) is 2. The van der Waals surface area contributed by atoms with Gasteiger partial charge in [0.15, 0.2) is 14.5 Å². The molecule has 1 aliphatic heterocycles. The Morgan fingerprint density at radius 1 is 1.23 bits per heavy atom. The Hall–Kier alpha value is -1.41. The Labute approximate surface area is 188 Å². The molecule has 6 nitrogen and oxygen atoms in total. The lowest BCUT2D eigenvalue weighted by Gasteiger charge is -2.38. The van der Waals surface area contributed by atoms with Crippen LogP contribution in [0.1, 0.15) is 59.6 Å². The van der Waals surface area contributed by atoms with Gasteiger partial charge in [-0.1, -0.05) is 20.8 Å². The van der Waals surface area contributed by atoms with Crippen LogP contribution in [-0.2, 0) is 13.9 Å². The Morgan fingerprint density at radius 2 is 2.03 bits per heavy atom. The van der Waals surface area contributed by atoms with E-state index in [1.54, 1.807) is 0 Å². The van der Waals surface area contributed by atoms with Gasteiger partial charge < -0.3 is 18.6 Å². The standard InChI is InChI=1S/C24H40N2O4Si/c1-19(30-31(5,6)24(2,3)4)18-27-13-9-15-28-21-11-12-22-20(16-21)17-25-26(22)23-10-7-8-14-29-23/h11-12,16-17,19,23H,7-10,13-15,18H2,1-6H3/t19-,23?/m0/s1. The van der Waals surface area contributed by atoms with Gasteiger partial charge in [0.1, 0.15) is 5.75 Å². The Morgan fingerprint density at radius 3 is 2.74 bits per heavy atom. The predicted octanol–water partition coefficient (Wildman–Crippen LogP) is 5.93. The van der Waals surface area contributed by atoms with Crippen LogP contribution < -0.4 is 4.74 Å². The van der Waals surface area contributed by atoms with Crippen molar-refractivity contribution in [2.24, 2.45) is 0 Å². The summed E-state index contributed by atoms with van der Waals surface area (Å²) in [6.07, 6.45) is 6.27. The van der Waals surface area contributed by atoms with E-state index in [1.165, 1.54) is 6.42 Å². The maximum Gasteiger partial charge on any atom is 0.192 e. The van der Waals surface area contributed by atoms with Gasteiger partial charge in [0.25, 0.3) is 0 Å². The first-order valence-corrected chi connectivity index (χ1v) is 14.6. The van der Waals surface area contributed by atoms with Gasteiger partial charge in [-0.2, -0.15) is 5.10 Å². The predicted molar refractivity (Wildman–Crippen MR) is 127 cm³/mol. The molecule has 174 valence electrons. The molecule has 31 heavy (non-hydrogen) atoms. The molecule has 1 aromatic carbocycles. The lowest BCUT2D eigenvalue weighted by atomic mass is 10.2. The van der Waals surface area contributed by atoms with Crippen molar-refractivity contribution in [1.82, 2.24) is 9.78 Å². The SMILES string of the molecule is C[C@@H](COCCCOc1ccc2c(cnn2C2CCCCO2)c1)O[Si](C)(C)C(C)(C)C. The van der Waals surface area contributed by atoms with Crippen molar-refractivity contribution < 1.29 is 18.6 Å². The lowest BCUT2D eigenvalue weighted by molar-refractivity contribution is -0.0366. The van der Waals surface area contributed by atoms with Crippen molar-refractivity contribution in [3.8, 4) is 5.75 Å². The zero-order valence-corrected chi connectivity index (χ0v) is 21.1. The van der Waals surface area contributed by atoms with Crippen LogP contribution in [0.5, 0.6) is 5.75 Å². The fourth-order valence-electron chi connectivity index (χ4n) is 3.58. The fraction of sp³-hybridized carbons (Fsp3) is 0.708. The van der Waals surface area contributed by atoms with Gasteiger partial charge in [-0.3, -0.25) is 0 Å². The number of hydrogen-bond acceptors (Lipinski definition) is 5. The average molecular weight is 449 g/mol. The van der Waals surface area contributed by atoms with E-state index in [4.69, 9.17) is 18.6 Å². The summed E-state index contributed by atoms with van der Waals surface area (Å²) in [7, 11) is -1.74. The molecule has 0 aliphatic carbocycles. The van der Waals surface area contributed by atoms with E-state index in [-0.39, 0.29) is 17.4 Å². The number of benzene rings is 1. The van der Waals surface area contributed by atoms with E-state index < -0.39 is 8.32 Å². The molecule has 0 amide bonds. The number of hydrogen-bond donors (Lipinski definition) is 0. The minimum absolute atomic E-state index is 0.0539. The van der Waals surface area contributed by atoms with Gasteiger partial charge in [0, 0.05) is 25.0 Å². The van der Waals surface area contributed by atoms with Gasteiger partial charge in [-0.15, -0.1) is 0 Å². The maximum absolute atomic E-state index is 6.33. The van der Waals surface area contributed by atoms with E-state index in [0.29, 0.717) is 19.8 Å². The van der Waals surface area contributed by atoms with Crippen molar-refractivity contribution in [1.29, 1.82) is 0 Å². The van der Waals surface area contributed by atoms with Crippen LogP contribution in [-0.4, -0.2) is 50.6 Å². The number of aromatic nitrogens is 2. The molecular formula is C24H40N2O4Si. The van der Waals surface area contributed by atoms with E-state index in [1.807, 2.05) is 16.9 Å². The molecule has 0 radical (unpaired) electrons. The second-order valence-electron chi connectivity index (χ2n) is 10.1. The highest BCUT2D eigenvalue weighted by Gasteiger charge is 2.38. The van der Waals surface area contributed by atoms with E-state index in [2.05, 4.69) is 58.0 Å². The molecule has 1 saturated heterocycles. The average Bonchev–Trinajstić information content (AvgIpc) is 3.13. The van der Waals surface area contributed by atoms with Crippen molar-refractivity contribution in [2.75, 3.05) is 26.4 Å². The number of ether oxygens (including phenoxy) is 3. The van der Waals surface area contributed by atoms with Crippen LogP contribution in [0.2, 0.25) is 18.1 Å². The highest BCUT2D eigenvalue weighted by Crippen LogP contribution is 2.37. The van der Waals surface area contributed by atoms with Crippen molar-refractivity contribution >= 4 is 19.2 Å². The first-order valence-electron chi connectivity index (χ1n) is 11.6. The molecule has 1 aliphatic rings. The summed E-state index contributed by atoms with van der Waals surface area (Å²) in [6, 6.07) is 6.14. The molecule has 1 aromatic heterocycles. The van der Waals surface area contributed by atoms with Crippen molar-refractivity contribution in [2.45, 2.75) is 83.8 Å². The third-order valence-corrected chi connectivity index (χ3v) is 11.0. The topological polar surface area (TPSA) is 54.7 Å². The lowest BCUT2D eigenvalue weighted by Crippen LogP contribution is -2.44. The normalized spacial score (nSPS) is 19.0. The zero-order valence-electron chi connectivity index (χ0n) is 20.1. The fourth-order valence-corrected chi connectivity index (χ4v) is 5.01. The third kappa shape index (κ3) is 6.54. The molecule has 1 unspecified atom stereocenters. The quantitative estimate of drug-likeness (QED) is 0.333. The molecule has 2 atom stereocenters. The highest BCUT2D eigenvalue weighted by atomic mass is 28.4. The molecule has 0 spiro atoms. The summed E-state index contributed by atoms with van der Waals surface area (Å²) in [5.74, 6) is 0.867. The summed E-state index contributed by atoms with van der Waals surface area (Å²) in [5.41, 5.74) is 1.10. The van der Waals surface area contributed by atoms with Crippen LogP contribution in [0, 0.1) is 0 Å². The smallest absolute Gasteiger partial charge is 0.192 e. The molecule has 0 N–H and O–H groups in total. The van der Waals surface area contributed by atoms with Crippen LogP contribution in [0.25, 0.3) is 10.9 Å². The summed E-state index contributed by atoms with van der Waals surface area (Å²) < 4.78 is 26.0. The van der Waals surface area contributed by atoms with Crippen LogP contribution >= 0.6 is 0 Å². The highest BCUT2D eigenvalue weighted by molar-refractivity contribution is 6.74. The first kappa shape index (κ1) is 24.2. The van der Waals surface area contributed by atoms with Gasteiger partial charge in [0.2, 0.25) is 0 Å². The van der Waals surface area contributed by atoms with Crippen molar-refractivity contribution in [3.05, 3.63) is 24.4 Å². The molecule has 2 aromatic rings. The number of rotatable bonds is 10. The summed E-state index contributed by atoms with van der Waals surface area (Å²) in [6.45, 7) is 16.2. The molecule has 0 bridgehead atoms. The van der Waals surface area contributed by atoms with E-state index in [9.17, 15) is 0 Å². The molecule has 7 heteroatoms. The molecule has 0 saturated carbocycles. The van der Waals surface area contributed by atoms with E-state index >= 15 is 0 Å². The van der Waals surface area contributed by atoms with Crippen LogP contribution in [0.15, 0.2) is 24.4 Å². The van der Waals surface area contributed by atoms with Crippen LogP contribution in [0.4, 0.5) is 0 Å². The van der Waals surface area contributed by atoms with Crippen molar-refractivity contribution in [3.63, 3.8) is 0 Å². The summed E-state index contributed by atoms with van der Waals surface area (Å²) in [4.78, 5) is 0. The Kier molecular flexibility index (Phi) is 8.18. The largest absolute Gasteiger partial charge is 0.493 e. The van der Waals surface area contributed by atoms with E-state index in [0.717, 1.165) is 42.5 Å². The second-order valence-corrected chi connectivity index (χ2v) is 14.9. The minimum atomic E-state index is -1.74.